The smallest absolute Gasteiger partial charge is 0.251 e. The van der Waals surface area contributed by atoms with E-state index in [9.17, 15) is 4.79 Å². The van der Waals surface area contributed by atoms with Gasteiger partial charge >= 0.3 is 0 Å². The molecule has 0 saturated heterocycles. The van der Waals surface area contributed by atoms with Crippen LogP contribution in [-0.2, 0) is 0 Å². The molecule has 3 aromatic heterocycles. The fourth-order valence-electron chi connectivity index (χ4n) is 3.36. The third-order valence-electron chi connectivity index (χ3n) is 4.82. The van der Waals surface area contributed by atoms with Crippen LogP contribution in [0.1, 0.15) is 16.1 Å². The summed E-state index contributed by atoms with van der Waals surface area (Å²) in [5.41, 5.74) is 5.57. The number of aromatic amines is 1. The van der Waals surface area contributed by atoms with Crippen molar-refractivity contribution in [2.45, 2.75) is 6.92 Å². The topological polar surface area (TPSA) is 73.9 Å². The molecule has 0 atom stereocenters. The van der Waals surface area contributed by atoms with E-state index in [4.69, 9.17) is 0 Å². The monoisotopic (exact) mass is 373 g/mol. The van der Waals surface area contributed by atoms with Gasteiger partial charge in [0.25, 0.3) is 5.91 Å². The van der Waals surface area contributed by atoms with Crippen LogP contribution in [-0.4, -0.2) is 52.9 Å². The van der Waals surface area contributed by atoms with E-state index < -0.39 is 0 Å². The molecule has 0 unspecified atom stereocenters. The molecule has 2 N–H and O–H groups in total. The SMILES string of the molecule is Cc1cc2c(cn1)[nH]c1nccc(-c3ccc(C(=O)NCCN(C)C)cc3)c12. The van der Waals surface area contributed by atoms with Crippen LogP contribution in [0.15, 0.2) is 48.8 Å². The van der Waals surface area contributed by atoms with E-state index >= 15 is 0 Å². The highest BCUT2D eigenvalue weighted by atomic mass is 16.1. The Bertz CT molecular complexity index is 1140. The molecule has 142 valence electrons. The number of amides is 1. The Morgan fingerprint density at radius 3 is 2.68 bits per heavy atom. The highest BCUT2D eigenvalue weighted by Crippen LogP contribution is 2.33. The molecule has 0 saturated carbocycles. The summed E-state index contributed by atoms with van der Waals surface area (Å²) in [6, 6.07) is 11.8. The molecule has 0 aliphatic carbocycles. The fraction of sp³-hybridized carbons (Fsp3) is 0.227. The van der Waals surface area contributed by atoms with Crippen LogP contribution in [0.2, 0.25) is 0 Å². The summed E-state index contributed by atoms with van der Waals surface area (Å²) < 4.78 is 0. The third kappa shape index (κ3) is 3.46. The Morgan fingerprint density at radius 1 is 1.14 bits per heavy atom. The van der Waals surface area contributed by atoms with Gasteiger partial charge in [-0.15, -0.1) is 0 Å². The minimum absolute atomic E-state index is 0.0536. The van der Waals surface area contributed by atoms with Crippen molar-refractivity contribution in [2.75, 3.05) is 27.2 Å². The zero-order chi connectivity index (χ0) is 19.7. The number of pyridine rings is 2. The van der Waals surface area contributed by atoms with Crippen LogP contribution >= 0.6 is 0 Å². The maximum Gasteiger partial charge on any atom is 0.251 e. The van der Waals surface area contributed by atoms with Gasteiger partial charge < -0.3 is 15.2 Å². The highest BCUT2D eigenvalue weighted by molar-refractivity contribution is 6.12. The molecule has 4 rings (SSSR count). The Labute approximate surface area is 163 Å². The lowest BCUT2D eigenvalue weighted by Crippen LogP contribution is -2.31. The molecule has 4 aromatic rings. The minimum Gasteiger partial charge on any atom is -0.351 e. The maximum atomic E-state index is 12.3. The zero-order valence-electron chi connectivity index (χ0n) is 16.3. The van der Waals surface area contributed by atoms with Gasteiger partial charge in [0.15, 0.2) is 0 Å². The van der Waals surface area contributed by atoms with Crippen molar-refractivity contribution in [3.63, 3.8) is 0 Å². The number of nitrogens with zero attached hydrogens (tertiary/aromatic N) is 3. The van der Waals surface area contributed by atoms with Crippen molar-refractivity contribution < 1.29 is 4.79 Å². The first kappa shape index (κ1) is 18.1. The van der Waals surface area contributed by atoms with Gasteiger partial charge in [-0.1, -0.05) is 12.1 Å². The quantitative estimate of drug-likeness (QED) is 0.562. The number of hydrogen-bond acceptors (Lipinski definition) is 4. The summed E-state index contributed by atoms with van der Waals surface area (Å²) in [4.78, 5) is 26.5. The Kier molecular flexibility index (Phi) is 4.79. The van der Waals surface area contributed by atoms with E-state index in [1.54, 1.807) is 6.20 Å². The van der Waals surface area contributed by atoms with E-state index in [-0.39, 0.29) is 5.91 Å². The van der Waals surface area contributed by atoms with Crippen LogP contribution in [0.5, 0.6) is 0 Å². The Balaban J connectivity index is 1.68. The molecule has 0 fully saturated rings. The van der Waals surface area contributed by atoms with Crippen molar-refractivity contribution in [1.82, 2.24) is 25.2 Å². The summed E-state index contributed by atoms with van der Waals surface area (Å²) >= 11 is 0. The van der Waals surface area contributed by atoms with Gasteiger partial charge in [0, 0.05) is 41.3 Å². The first-order valence-corrected chi connectivity index (χ1v) is 9.29. The summed E-state index contributed by atoms with van der Waals surface area (Å²) in [7, 11) is 3.97. The van der Waals surface area contributed by atoms with Crippen LogP contribution in [0.25, 0.3) is 33.1 Å². The van der Waals surface area contributed by atoms with E-state index in [1.165, 1.54) is 0 Å². The van der Waals surface area contributed by atoms with Crippen molar-refractivity contribution in [1.29, 1.82) is 0 Å². The number of fused-ring (bicyclic) bond motifs is 3. The molecular formula is C22H23N5O. The van der Waals surface area contributed by atoms with Gasteiger partial charge in [0.05, 0.1) is 11.7 Å². The Hall–Kier alpha value is -3.25. The largest absolute Gasteiger partial charge is 0.351 e. The van der Waals surface area contributed by atoms with Crippen LogP contribution < -0.4 is 5.32 Å². The summed E-state index contributed by atoms with van der Waals surface area (Å²) in [5, 5.41) is 5.13. The number of aryl methyl sites for hydroxylation is 1. The van der Waals surface area contributed by atoms with Gasteiger partial charge in [-0.05, 0) is 56.4 Å². The van der Waals surface area contributed by atoms with Gasteiger partial charge in [-0.3, -0.25) is 9.78 Å². The predicted octanol–water partition coefficient (Wildman–Crippen LogP) is 3.38. The first-order valence-electron chi connectivity index (χ1n) is 9.29. The second-order valence-electron chi connectivity index (χ2n) is 7.21. The fourth-order valence-corrected chi connectivity index (χ4v) is 3.36. The molecule has 1 aromatic carbocycles. The molecule has 1 amide bonds. The van der Waals surface area contributed by atoms with E-state index in [0.29, 0.717) is 12.1 Å². The molecular weight excluding hydrogens is 350 g/mol. The average Bonchev–Trinajstić information content (AvgIpc) is 3.05. The molecule has 28 heavy (non-hydrogen) atoms. The van der Waals surface area contributed by atoms with Crippen LogP contribution in [0.4, 0.5) is 0 Å². The van der Waals surface area contributed by atoms with Gasteiger partial charge in [0.2, 0.25) is 0 Å². The molecule has 0 spiro atoms. The average molecular weight is 373 g/mol. The molecule has 6 heteroatoms. The lowest BCUT2D eigenvalue weighted by atomic mass is 10.0. The Morgan fingerprint density at radius 2 is 1.93 bits per heavy atom. The minimum atomic E-state index is -0.0536. The molecule has 0 aliphatic heterocycles. The first-order chi connectivity index (χ1) is 13.5. The highest BCUT2D eigenvalue weighted by Gasteiger charge is 2.13. The van der Waals surface area contributed by atoms with Crippen molar-refractivity contribution >= 4 is 27.8 Å². The molecule has 3 heterocycles. The van der Waals surface area contributed by atoms with Crippen LogP contribution in [0, 0.1) is 6.92 Å². The van der Waals surface area contributed by atoms with E-state index in [2.05, 4.69) is 26.3 Å². The number of hydrogen-bond donors (Lipinski definition) is 2. The lowest BCUT2D eigenvalue weighted by molar-refractivity contribution is 0.0951. The normalized spacial score (nSPS) is 11.4. The van der Waals surface area contributed by atoms with Gasteiger partial charge in [-0.2, -0.15) is 0 Å². The van der Waals surface area contributed by atoms with Crippen molar-refractivity contribution in [3.05, 3.63) is 60.0 Å². The summed E-state index contributed by atoms with van der Waals surface area (Å²) in [6.45, 7) is 3.42. The second kappa shape index (κ2) is 7.40. The molecule has 0 aliphatic rings. The van der Waals surface area contributed by atoms with Crippen LogP contribution in [0.3, 0.4) is 0 Å². The van der Waals surface area contributed by atoms with Crippen molar-refractivity contribution in [3.8, 4) is 11.1 Å². The number of likely N-dealkylation sites (N-methyl/N-ethyl adjacent to an activating group) is 1. The number of H-pyrrole nitrogens is 1. The summed E-state index contributed by atoms with van der Waals surface area (Å²) in [6.07, 6.45) is 3.65. The molecule has 0 radical (unpaired) electrons. The number of carbonyl (C=O) groups is 1. The van der Waals surface area contributed by atoms with Gasteiger partial charge in [-0.25, -0.2) is 4.98 Å². The number of carbonyl (C=O) groups excluding carboxylic acids is 1. The standard InChI is InChI=1S/C22H23N5O/c1-14-12-18-19(13-25-14)26-21-20(18)17(8-9-23-21)15-4-6-16(7-5-15)22(28)24-10-11-27(2)3/h4-9,12-13H,10-11H2,1-3H3,(H,23,26)(H,24,28). The summed E-state index contributed by atoms with van der Waals surface area (Å²) in [5.74, 6) is -0.0536. The lowest BCUT2D eigenvalue weighted by Gasteiger charge is -2.11. The maximum absolute atomic E-state index is 12.3. The van der Waals surface area contributed by atoms with E-state index in [0.717, 1.165) is 45.3 Å². The van der Waals surface area contributed by atoms with Crippen molar-refractivity contribution in [2.24, 2.45) is 0 Å². The number of nitrogens with one attached hydrogen (secondary N) is 2. The molecule has 6 nitrogen and oxygen atoms in total. The third-order valence-corrected chi connectivity index (χ3v) is 4.82. The predicted molar refractivity (Wildman–Crippen MR) is 112 cm³/mol. The number of benzene rings is 1. The van der Waals surface area contributed by atoms with E-state index in [1.807, 2.05) is 62.4 Å². The molecule has 0 bridgehead atoms. The zero-order valence-corrected chi connectivity index (χ0v) is 16.3. The second-order valence-corrected chi connectivity index (χ2v) is 7.21. The number of rotatable bonds is 5. The number of aromatic nitrogens is 3. The van der Waals surface area contributed by atoms with Gasteiger partial charge in [0.1, 0.15) is 5.65 Å².